The Morgan fingerprint density at radius 2 is 2.11 bits per heavy atom. The number of hydrogen-bond acceptors (Lipinski definition) is 5. The molecule has 1 fully saturated rings. The molecule has 10 heteroatoms. The number of nitrogens with zero attached hydrogens (tertiary/aromatic N) is 4. The third-order valence-corrected chi connectivity index (χ3v) is 4.30. The Bertz CT molecular complexity index is 741. The summed E-state index contributed by atoms with van der Waals surface area (Å²) in [4.78, 5) is 30.6. The molecule has 3 N–H and O–H groups in total. The Kier molecular flexibility index (Phi) is 9.20. The highest BCUT2D eigenvalue weighted by Gasteiger charge is 2.28. The zero-order valence-electron chi connectivity index (χ0n) is 14.8. The van der Waals surface area contributed by atoms with Crippen molar-refractivity contribution in [1.82, 2.24) is 25.0 Å². The van der Waals surface area contributed by atoms with Crippen LogP contribution in [0.5, 0.6) is 0 Å². The van der Waals surface area contributed by atoms with Gasteiger partial charge in [0.25, 0.3) is 5.91 Å². The van der Waals surface area contributed by atoms with Gasteiger partial charge in [-0.25, -0.2) is 9.67 Å². The number of hydrogen-bond donors (Lipinski definition) is 2. The average molecular weight is 415 g/mol. The molecule has 1 atom stereocenters. The molecular formula is C17H24Cl2N6O2. The number of likely N-dealkylation sites (tertiary alicyclic amines) is 1. The fraction of sp³-hybridized carbons (Fsp3) is 0.412. The van der Waals surface area contributed by atoms with Crippen LogP contribution in [-0.2, 0) is 4.79 Å². The third-order valence-electron chi connectivity index (χ3n) is 4.30. The minimum Gasteiger partial charge on any atom is -0.355 e. The Balaban J connectivity index is 0.00000182. The van der Waals surface area contributed by atoms with Crippen molar-refractivity contribution in [2.75, 3.05) is 26.2 Å². The Morgan fingerprint density at radius 3 is 2.81 bits per heavy atom. The Hall–Kier alpha value is -2.16. The number of carbonyl (C=O) groups excluding carboxylic acids is 2. The predicted molar refractivity (Wildman–Crippen MR) is 107 cm³/mol. The maximum Gasteiger partial charge on any atom is 0.253 e. The highest BCUT2D eigenvalue weighted by atomic mass is 35.5. The molecule has 0 saturated carbocycles. The fourth-order valence-corrected chi connectivity index (χ4v) is 3.02. The number of nitrogens with two attached hydrogens (primary N) is 1. The minimum atomic E-state index is -0.178. The number of carbonyl (C=O) groups is 2. The average Bonchev–Trinajstić information content (AvgIpc) is 3.20. The van der Waals surface area contributed by atoms with Gasteiger partial charge in [0.1, 0.15) is 12.7 Å². The Morgan fingerprint density at radius 1 is 1.30 bits per heavy atom. The molecule has 0 bridgehead atoms. The van der Waals surface area contributed by atoms with Gasteiger partial charge in [-0.05, 0) is 31.0 Å². The van der Waals surface area contributed by atoms with Gasteiger partial charge in [-0.3, -0.25) is 9.59 Å². The lowest BCUT2D eigenvalue weighted by Crippen LogP contribution is -2.46. The lowest BCUT2D eigenvalue weighted by atomic mass is 9.96. The monoisotopic (exact) mass is 414 g/mol. The van der Waals surface area contributed by atoms with Crippen molar-refractivity contribution in [3.8, 4) is 5.69 Å². The minimum absolute atomic E-state index is 0. The molecule has 8 nitrogen and oxygen atoms in total. The van der Waals surface area contributed by atoms with Gasteiger partial charge in [-0.2, -0.15) is 5.10 Å². The summed E-state index contributed by atoms with van der Waals surface area (Å²) in [5.74, 6) is -0.277. The topological polar surface area (TPSA) is 106 Å². The van der Waals surface area contributed by atoms with E-state index in [0.717, 1.165) is 18.5 Å². The molecular weight excluding hydrogens is 391 g/mol. The number of halogens is 2. The van der Waals surface area contributed by atoms with Gasteiger partial charge in [-0.15, -0.1) is 24.8 Å². The van der Waals surface area contributed by atoms with E-state index >= 15 is 0 Å². The van der Waals surface area contributed by atoms with Crippen LogP contribution in [0.3, 0.4) is 0 Å². The molecule has 0 spiro atoms. The summed E-state index contributed by atoms with van der Waals surface area (Å²) >= 11 is 0. The second-order valence-electron chi connectivity index (χ2n) is 6.06. The number of benzene rings is 1. The number of rotatable bonds is 5. The normalized spacial score (nSPS) is 16.0. The van der Waals surface area contributed by atoms with Crippen LogP contribution in [0, 0.1) is 5.92 Å². The van der Waals surface area contributed by atoms with Crippen molar-refractivity contribution in [2.24, 2.45) is 11.7 Å². The number of aromatic nitrogens is 3. The van der Waals surface area contributed by atoms with Crippen LogP contribution < -0.4 is 11.1 Å². The molecule has 1 aliphatic rings. The summed E-state index contributed by atoms with van der Waals surface area (Å²) in [6.45, 7) is 1.97. The van der Waals surface area contributed by atoms with E-state index in [-0.39, 0.29) is 42.5 Å². The van der Waals surface area contributed by atoms with E-state index in [1.165, 1.54) is 6.33 Å². The van der Waals surface area contributed by atoms with Gasteiger partial charge in [0.15, 0.2) is 0 Å². The first-order valence-corrected chi connectivity index (χ1v) is 8.41. The van der Waals surface area contributed by atoms with Crippen molar-refractivity contribution < 1.29 is 9.59 Å². The van der Waals surface area contributed by atoms with E-state index < -0.39 is 0 Å². The van der Waals surface area contributed by atoms with Gasteiger partial charge < -0.3 is 16.0 Å². The zero-order valence-corrected chi connectivity index (χ0v) is 16.4. The molecule has 3 rings (SSSR count). The molecule has 0 radical (unpaired) electrons. The first-order chi connectivity index (χ1) is 12.2. The van der Waals surface area contributed by atoms with Gasteiger partial charge >= 0.3 is 0 Å². The first-order valence-electron chi connectivity index (χ1n) is 8.41. The molecule has 27 heavy (non-hydrogen) atoms. The fourth-order valence-electron chi connectivity index (χ4n) is 3.02. The van der Waals surface area contributed by atoms with E-state index in [0.29, 0.717) is 31.7 Å². The number of amides is 2. The van der Waals surface area contributed by atoms with Crippen LogP contribution in [0.15, 0.2) is 36.9 Å². The molecule has 0 aliphatic carbocycles. The van der Waals surface area contributed by atoms with Crippen molar-refractivity contribution >= 4 is 36.6 Å². The van der Waals surface area contributed by atoms with E-state index in [2.05, 4.69) is 15.4 Å². The molecule has 148 valence electrons. The molecule has 1 aliphatic heterocycles. The van der Waals surface area contributed by atoms with Crippen LogP contribution in [0.2, 0.25) is 0 Å². The maximum atomic E-state index is 12.8. The molecule has 1 aromatic carbocycles. The van der Waals surface area contributed by atoms with Crippen LogP contribution in [0.25, 0.3) is 5.69 Å². The standard InChI is InChI=1S/C17H22N6O2.2ClH/c18-6-7-20-16(24)14-4-2-8-22(10-14)17(25)13-3-1-5-15(9-13)23-12-19-11-21-23;;/h1,3,5,9,11-12,14H,2,4,6-8,10,18H2,(H,20,24);2*1H. The number of piperidine rings is 1. The van der Waals surface area contributed by atoms with Gasteiger partial charge in [0.05, 0.1) is 11.6 Å². The Labute approximate surface area is 170 Å². The molecule has 1 unspecified atom stereocenters. The molecule has 2 amide bonds. The molecule has 1 saturated heterocycles. The van der Waals surface area contributed by atoms with Crippen LogP contribution in [0.1, 0.15) is 23.2 Å². The summed E-state index contributed by atoms with van der Waals surface area (Å²) in [7, 11) is 0. The smallest absolute Gasteiger partial charge is 0.253 e. The van der Waals surface area contributed by atoms with Crippen LogP contribution in [-0.4, -0.2) is 57.7 Å². The van der Waals surface area contributed by atoms with E-state index in [9.17, 15) is 9.59 Å². The van der Waals surface area contributed by atoms with Crippen molar-refractivity contribution in [2.45, 2.75) is 12.8 Å². The van der Waals surface area contributed by atoms with Crippen molar-refractivity contribution in [3.63, 3.8) is 0 Å². The summed E-state index contributed by atoms with van der Waals surface area (Å²) in [5.41, 5.74) is 6.78. The van der Waals surface area contributed by atoms with Crippen LogP contribution >= 0.6 is 24.8 Å². The lowest BCUT2D eigenvalue weighted by Gasteiger charge is -2.32. The summed E-state index contributed by atoms with van der Waals surface area (Å²) in [5, 5.41) is 6.89. The highest BCUT2D eigenvalue weighted by molar-refractivity contribution is 5.95. The predicted octanol–water partition coefficient (Wildman–Crippen LogP) is 1.04. The van der Waals surface area contributed by atoms with E-state index in [1.807, 2.05) is 12.1 Å². The van der Waals surface area contributed by atoms with Crippen molar-refractivity contribution in [3.05, 3.63) is 42.5 Å². The summed E-state index contributed by atoms with van der Waals surface area (Å²) in [6, 6.07) is 7.25. The highest BCUT2D eigenvalue weighted by Crippen LogP contribution is 2.20. The maximum absolute atomic E-state index is 12.8. The molecule has 2 aromatic rings. The van der Waals surface area contributed by atoms with E-state index in [4.69, 9.17) is 5.73 Å². The second kappa shape index (κ2) is 10.9. The third kappa shape index (κ3) is 5.66. The van der Waals surface area contributed by atoms with Gasteiger partial charge in [0, 0.05) is 31.7 Å². The SMILES string of the molecule is Cl.Cl.NCCNC(=O)C1CCCN(C(=O)c2cccc(-n3cncn3)c2)C1. The lowest BCUT2D eigenvalue weighted by molar-refractivity contribution is -0.126. The molecule has 2 heterocycles. The first kappa shape index (κ1) is 22.9. The van der Waals surface area contributed by atoms with Gasteiger partial charge in [-0.1, -0.05) is 6.07 Å². The largest absolute Gasteiger partial charge is 0.355 e. The van der Waals surface area contributed by atoms with Crippen molar-refractivity contribution in [1.29, 1.82) is 0 Å². The van der Waals surface area contributed by atoms with Gasteiger partial charge in [0.2, 0.25) is 5.91 Å². The summed E-state index contributed by atoms with van der Waals surface area (Å²) in [6.07, 6.45) is 4.64. The number of nitrogens with one attached hydrogen (secondary N) is 1. The quantitative estimate of drug-likeness (QED) is 0.759. The molecule has 1 aromatic heterocycles. The second-order valence-corrected chi connectivity index (χ2v) is 6.06. The summed E-state index contributed by atoms with van der Waals surface area (Å²) < 4.78 is 1.61. The van der Waals surface area contributed by atoms with E-state index in [1.54, 1.807) is 28.0 Å². The van der Waals surface area contributed by atoms with Crippen LogP contribution in [0.4, 0.5) is 0 Å². The zero-order chi connectivity index (χ0) is 17.6.